The lowest BCUT2D eigenvalue weighted by Gasteiger charge is -2.08. The molecule has 0 aliphatic carbocycles. The fourth-order valence-corrected chi connectivity index (χ4v) is 2.13. The molecule has 0 spiro atoms. The molecule has 0 aromatic heterocycles. The highest BCUT2D eigenvalue weighted by Crippen LogP contribution is 2.14. The number of aromatic carboxylic acids is 1. The fourth-order valence-electron chi connectivity index (χ4n) is 1.35. The van der Waals surface area contributed by atoms with Crippen molar-refractivity contribution in [2.75, 3.05) is 30.0 Å². The first-order chi connectivity index (χ1) is 8.25. The third-order valence-corrected chi connectivity index (χ3v) is 3.24. The SMILES string of the molecule is O=C(O)c1ccccc1NCCSCCCO. The van der Waals surface area contributed by atoms with Crippen molar-refractivity contribution in [1.82, 2.24) is 0 Å². The number of thioether (sulfide) groups is 1. The maximum atomic E-state index is 10.9. The number of hydrogen-bond donors (Lipinski definition) is 3. The highest BCUT2D eigenvalue weighted by atomic mass is 32.2. The smallest absolute Gasteiger partial charge is 0.337 e. The summed E-state index contributed by atoms with van der Waals surface area (Å²) >= 11 is 1.74. The molecule has 0 saturated heterocycles. The van der Waals surface area contributed by atoms with Crippen molar-refractivity contribution < 1.29 is 15.0 Å². The second-order valence-electron chi connectivity index (χ2n) is 3.47. The Balaban J connectivity index is 2.34. The molecular weight excluding hydrogens is 238 g/mol. The first-order valence-corrected chi connectivity index (χ1v) is 6.66. The van der Waals surface area contributed by atoms with Gasteiger partial charge in [-0.1, -0.05) is 12.1 Å². The molecule has 0 aliphatic heterocycles. The molecule has 17 heavy (non-hydrogen) atoms. The number of carboxylic acid groups (broad SMARTS) is 1. The van der Waals surface area contributed by atoms with Crippen molar-refractivity contribution in [3.8, 4) is 0 Å². The minimum Gasteiger partial charge on any atom is -0.478 e. The Bertz CT molecular complexity index is 357. The second kappa shape index (κ2) is 7.97. The van der Waals surface area contributed by atoms with Crippen LogP contribution >= 0.6 is 11.8 Å². The Kier molecular flexibility index (Phi) is 6.50. The van der Waals surface area contributed by atoms with Crippen LogP contribution in [0.3, 0.4) is 0 Å². The zero-order valence-electron chi connectivity index (χ0n) is 9.56. The Labute approximate surface area is 105 Å². The van der Waals surface area contributed by atoms with Crippen molar-refractivity contribution in [1.29, 1.82) is 0 Å². The Hall–Kier alpha value is -1.20. The summed E-state index contributed by atoms with van der Waals surface area (Å²) in [7, 11) is 0. The third-order valence-electron chi connectivity index (χ3n) is 2.17. The van der Waals surface area contributed by atoms with Crippen LogP contribution in [0.2, 0.25) is 0 Å². The summed E-state index contributed by atoms with van der Waals surface area (Å²) in [5, 5.41) is 20.7. The van der Waals surface area contributed by atoms with Crippen molar-refractivity contribution >= 4 is 23.4 Å². The normalized spacial score (nSPS) is 10.2. The van der Waals surface area contributed by atoms with Crippen LogP contribution in [0.4, 0.5) is 5.69 Å². The number of aliphatic hydroxyl groups excluding tert-OH is 1. The van der Waals surface area contributed by atoms with Crippen LogP contribution in [-0.2, 0) is 0 Å². The molecule has 1 aromatic carbocycles. The number of nitrogens with one attached hydrogen (secondary N) is 1. The predicted octanol–water partition coefficient (Wildman–Crippen LogP) is 1.91. The molecule has 4 nitrogen and oxygen atoms in total. The van der Waals surface area contributed by atoms with E-state index in [9.17, 15) is 4.79 Å². The van der Waals surface area contributed by atoms with Gasteiger partial charge in [0.2, 0.25) is 0 Å². The minimum absolute atomic E-state index is 0.224. The summed E-state index contributed by atoms with van der Waals surface area (Å²) in [5.41, 5.74) is 0.954. The molecule has 1 aromatic rings. The van der Waals surface area contributed by atoms with Crippen LogP contribution in [-0.4, -0.2) is 40.8 Å². The van der Waals surface area contributed by atoms with E-state index in [1.54, 1.807) is 30.0 Å². The van der Waals surface area contributed by atoms with Gasteiger partial charge in [-0.15, -0.1) is 0 Å². The monoisotopic (exact) mass is 255 g/mol. The number of anilines is 1. The van der Waals surface area contributed by atoms with E-state index >= 15 is 0 Å². The van der Waals surface area contributed by atoms with Crippen LogP contribution in [0.15, 0.2) is 24.3 Å². The van der Waals surface area contributed by atoms with Crippen molar-refractivity contribution in [2.45, 2.75) is 6.42 Å². The van der Waals surface area contributed by atoms with Crippen LogP contribution in [0.5, 0.6) is 0 Å². The molecule has 3 N–H and O–H groups in total. The lowest BCUT2D eigenvalue weighted by Crippen LogP contribution is -2.09. The van der Waals surface area contributed by atoms with E-state index in [0.717, 1.165) is 24.5 Å². The molecule has 1 rings (SSSR count). The quantitative estimate of drug-likeness (QED) is 0.619. The topological polar surface area (TPSA) is 69.6 Å². The number of hydrogen-bond acceptors (Lipinski definition) is 4. The molecule has 5 heteroatoms. The van der Waals surface area contributed by atoms with Gasteiger partial charge in [0, 0.05) is 24.6 Å². The first-order valence-electron chi connectivity index (χ1n) is 5.50. The van der Waals surface area contributed by atoms with Crippen LogP contribution in [0, 0.1) is 0 Å². The van der Waals surface area contributed by atoms with E-state index in [-0.39, 0.29) is 6.61 Å². The zero-order chi connectivity index (χ0) is 12.5. The maximum absolute atomic E-state index is 10.9. The van der Waals surface area contributed by atoms with E-state index in [1.807, 2.05) is 6.07 Å². The van der Waals surface area contributed by atoms with Gasteiger partial charge >= 0.3 is 5.97 Å². The second-order valence-corrected chi connectivity index (χ2v) is 4.69. The summed E-state index contributed by atoms with van der Waals surface area (Å²) in [4.78, 5) is 10.9. The van der Waals surface area contributed by atoms with Crippen LogP contribution in [0.25, 0.3) is 0 Å². The average Bonchev–Trinajstić information content (AvgIpc) is 2.34. The summed E-state index contributed by atoms with van der Waals surface area (Å²) in [6.07, 6.45) is 0.802. The van der Waals surface area contributed by atoms with E-state index < -0.39 is 5.97 Å². The van der Waals surface area contributed by atoms with E-state index in [2.05, 4.69) is 5.32 Å². The summed E-state index contributed by atoms with van der Waals surface area (Å²) in [6.45, 7) is 0.947. The van der Waals surface area contributed by atoms with Crippen LogP contribution < -0.4 is 5.32 Å². The van der Waals surface area contributed by atoms with Crippen molar-refractivity contribution in [2.24, 2.45) is 0 Å². The molecule has 0 atom stereocenters. The van der Waals surface area contributed by atoms with Gasteiger partial charge in [-0.3, -0.25) is 0 Å². The lowest BCUT2D eigenvalue weighted by atomic mass is 10.2. The van der Waals surface area contributed by atoms with Crippen molar-refractivity contribution in [3.63, 3.8) is 0 Å². The molecule has 0 heterocycles. The number of carboxylic acids is 1. The molecule has 0 radical (unpaired) electrons. The molecular formula is C12H17NO3S. The minimum atomic E-state index is -0.916. The fraction of sp³-hybridized carbons (Fsp3) is 0.417. The average molecular weight is 255 g/mol. The summed E-state index contributed by atoms with van der Waals surface area (Å²) in [6, 6.07) is 6.88. The Morgan fingerprint density at radius 2 is 2.06 bits per heavy atom. The molecule has 0 unspecified atom stereocenters. The Morgan fingerprint density at radius 3 is 2.76 bits per heavy atom. The van der Waals surface area contributed by atoms with Gasteiger partial charge in [-0.25, -0.2) is 4.79 Å². The van der Waals surface area contributed by atoms with Gasteiger partial charge in [0.1, 0.15) is 0 Å². The van der Waals surface area contributed by atoms with Gasteiger partial charge in [0.25, 0.3) is 0 Å². The van der Waals surface area contributed by atoms with Crippen molar-refractivity contribution in [3.05, 3.63) is 29.8 Å². The lowest BCUT2D eigenvalue weighted by molar-refractivity contribution is 0.0698. The zero-order valence-corrected chi connectivity index (χ0v) is 10.4. The predicted molar refractivity (Wildman–Crippen MR) is 70.9 cm³/mol. The van der Waals surface area contributed by atoms with E-state index in [4.69, 9.17) is 10.2 Å². The van der Waals surface area contributed by atoms with Gasteiger partial charge in [0.15, 0.2) is 0 Å². The number of benzene rings is 1. The number of aliphatic hydroxyl groups is 1. The van der Waals surface area contributed by atoms with E-state index in [0.29, 0.717) is 11.3 Å². The van der Waals surface area contributed by atoms with Gasteiger partial charge in [-0.05, 0) is 24.3 Å². The molecule has 0 saturated carbocycles. The molecule has 0 bridgehead atoms. The first kappa shape index (κ1) is 13.9. The maximum Gasteiger partial charge on any atom is 0.337 e. The van der Waals surface area contributed by atoms with Gasteiger partial charge in [-0.2, -0.15) is 11.8 Å². The number of rotatable bonds is 8. The standard InChI is InChI=1S/C12H17NO3S/c14-7-3-8-17-9-6-13-11-5-2-1-4-10(11)12(15)16/h1-2,4-5,13-14H,3,6-9H2,(H,15,16). The summed E-state index contributed by atoms with van der Waals surface area (Å²) in [5.74, 6) is 0.910. The molecule has 94 valence electrons. The number of carbonyl (C=O) groups is 1. The van der Waals surface area contributed by atoms with Gasteiger partial charge < -0.3 is 15.5 Å². The largest absolute Gasteiger partial charge is 0.478 e. The molecule has 0 amide bonds. The van der Waals surface area contributed by atoms with E-state index in [1.165, 1.54) is 0 Å². The number of para-hydroxylation sites is 1. The van der Waals surface area contributed by atoms with Gasteiger partial charge in [0.05, 0.1) is 5.56 Å². The molecule has 0 aliphatic rings. The third kappa shape index (κ3) is 5.10. The molecule has 0 fully saturated rings. The Morgan fingerprint density at radius 1 is 1.29 bits per heavy atom. The van der Waals surface area contributed by atoms with Crippen LogP contribution in [0.1, 0.15) is 16.8 Å². The highest BCUT2D eigenvalue weighted by Gasteiger charge is 2.07. The summed E-state index contributed by atoms with van der Waals surface area (Å²) < 4.78 is 0. The highest BCUT2D eigenvalue weighted by molar-refractivity contribution is 7.99.